The third-order valence-electron chi connectivity index (χ3n) is 6.50. The summed E-state index contributed by atoms with van der Waals surface area (Å²) in [5.74, 6) is 0.0656. The highest BCUT2D eigenvalue weighted by molar-refractivity contribution is 7.92. The van der Waals surface area contributed by atoms with Gasteiger partial charge >= 0.3 is 0 Å². The number of hydrazone groups is 1. The van der Waals surface area contributed by atoms with Crippen LogP contribution in [0.25, 0.3) is 5.69 Å². The molecule has 0 aliphatic heterocycles. The van der Waals surface area contributed by atoms with Crippen LogP contribution >= 0.6 is 11.6 Å². The van der Waals surface area contributed by atoms with Gasteiger partial charge in [0.05, 0.1) is 31.0 Å². The van der Waals surface area contributed by atoms with Crippen LogP contribution in [0.2, 0.25) is 5.02 Å². The highest BCUT2D eigenvalue weighted by Gasteiger charge is 2.29. The maximum atomic E-state index is 13.7. The number of aromatic nitrogens is 1. The number of nitrogens with zero attached hydrogens (tertiary/aromatic N) is 3. The van der Waals surface area contributed by atoms with Gasteiger partial charge in [-0.25, -0.2) is 13.8 Å². The number of hydrogen-bond acceptors (Lipinski definition) is 6. The molecule has 1 amide bonds. The number of carbonyl (C=O) groups is 1. The number of ether oxygens (including phenoxy) is 2. The molecular formula is C30H31ClN4O5S. The zero-order chi connectivity index (χ0) is 29.7. The van der Waals surface area contributed by atoms with E-state index in [0.717, 1.165) is 32.5 Å². The normalized spacial score (nSPS) is 11.5. The largest absolute Gasteiger partial charge is 0.497 e. The maximum Gasteiger partial charge on any atom is 0.264 e. The van der Waals surface area contributed by atoms with E-state index < -0.39 is 22.5 Å². The van der Waals surface area contributed by atoms with Crippen molar-refractivity contribution in [1.82, 2.24) is 9.99 Å². The van der Waals surface area contributed by atoms with Crippen molar-refractivity contribution in [2.24, 2.45) is 5.10 Å². The molecule has 0 fully saturated rings. The van der Waals surface area contributed by atoms with Crippen LogP contribution in [0.4, 0.5) is 5.69 Å². The quantitative estimate of drug-likeness (QED) is 0.195. The summed E-state index contributed by atoms with van der Waals surface area (Å²) in [6.07, 6.45) is 1.53. The Bertz CT molecular complexity index is 1680. The van der Waals surface area contributed by atoms with Crippen LogP contribution in [0, 0.1) is 20.8 Å². The lowest BCUT2D eigenvalue weighted by atomic mass is 10.2. The molecule has 1 N–H and O–H groups in total. The average Bonchev–Trinajstić information content (AvgIpc) is 3.24. The lowest BCUT2D eigenvalue weighted by Crippen LogP contribution is -2.39. The second kappa shape index (κ2) is 12.5. The van der Waals surface area contributed by atoms with Gasteiger partial charge in [0, 0.05) is 33.7 Å². The van der Waals surface area contributed by atoms with Crippen molar-refractivity contribution in [2.45, 2.75) is 25.7 Å². The molecule has 11 heteroatoms. The van der Waals surface area contributed by atoms with E-state index in [2.05, 4.69) is 10.5 Å². The Morgan fingerprint density at radius 1 is 0.976 bits per heavy atom. The number of nitrogens with one attached hydrogen (secondary N) is 1. The summed E-state index contributed by atoms with van der Waals surface area (Å²) >= 11 is 6.03. The molecule has 0 aliphatic rings. The van der Waals surface area contributed by atoms with E-state index in [-0.39, 0.29) is 16.3 Å². The average molecular weight is 595 g/mol. The minimum atomic E-state index is -4.15. The van der Waals surface area contributed by atoms with Crippen LogP contribution < -0.4 is 19.2 Å². The topological polar surface area (TPSA) is 102 Å². The van der Waals surface area contributed by atoms with Crippen LogP contribution in [-0.2, 0) is 14.8 Å². The fraction of sp³-hybridized carbons (Fsp3) is 0.200. The Morgan fingerprint density at radius 2 is 1.66 bits per heavy atom. The standard InChI is InChI=1S/C30H31ClN4O5S/c1-20-6-13-27(14-7-20)41(37,38)34(28-15-12-26(39-4)17-29(28)40-5)19-30(36)33-32-18-23-16-21(2)35(22(23)3)25-10-8-24(31)9-11-25/h6-18H,19H2,1-5H3,(H,33,36)/b32-18-. The van der Waals surface area contributed by atoms with Crippen molar-refractivity contribution in [3.63, 3.8) is 0 Å². The fourth-order valence-corrected chi connectivity index (χ4v) is 5.93. The van der Waals surface area contributed by atoms with Crippen LogP contribution in [0.5, 0.6) is 11.5 Å². The molecule has 1 aromatic heterocycles. The lowest BCUT2D eigenvalue weighted by Gasteiger charge is -2.25. The second-order valence-corrected chi connectivity index (χ2v) is 11.6. The molecule has 0 radical (unpaired) electrons. The summed E-state index contributed by atoms with van der Waals surface area (Å²) in [5, 5.41) is 4.76. The summed E-state index contributed by atoms with van der Waals surface area (Å²) in [4.78, 5) is 13.1. The maximum absolute atomic E-state index is 13.7. The summed E-state index contributed by atoms with van der Waals surface area (Å²) < 4.78 is 41.2. The molecule has 4 aromatic rings. The number of carbonyl (C=O) groups excluding carboxylic acids is 1. The van der Waals surface area contributed by atoms with Crippen LogP contribution in [0.15, 0.2) is 82.8 Å². The molecule has 214 valence electrons. The van der Waals surface area contributed by atoms with Crippen molar-refractivity contribution in [3.8, 4) is 17.2 Å². The third kappa shape index (κ3) is 6.55. The van der Waals surface area contributed by atoms with Crippen LogP contribution in [0.1, 0.15) is 22.5 Å². The van der Waals surface area contributed by atoms with Crippen molar-refractivity contribution < 1.29 is 22.7 Å². The Balaban J connectivity index is 1.60. The summed E-state index contributed by atoms with van der Waals surface area (Å²) in [6, 6.07) is 20.5. The predicted octanol–water partition coefficient (Wildman–Crippen LogP) is 5.42. The van der Waals surface area contributed by atoms with E-state index in [1.165, 1.54) is 38.6 Å². The Morgan fingerprint density at radius 3 is 2.29 bits per heavy atom. The van der Waals surface area contributed by atoms with Gasteiger partial charge in [-0.3, -0.25) is 9.10 Å². The number of methoxy groups -OCH3 is 2. The van der Waals surface area contributed by atoms with E-state index in [9.17, 15) is 13.2 Å². The van der Waals surface area contributed by atoms with Crippen molar-refractivity contribution in [2.75, 3.05) is 25.1 Å². The van der Waals surface area contributed by atoms with E-state index in [4.69, 9.17) is 21.1 Å². The van der Waals surface area contributed by atoms with Gasteiger partial charge in [-0.1, -0.05) is 29.3 Å². The number of aryl methyl sites for hydroxylation is 2. The summed E-state index contributed by atoms with van der Waals surface area (Å²) in [5.41, 5.74) is 7.16. The van der Waals surface area contributed by atoms with E-state index in [1.54, 1.807) is 24.3 Å². The number of hydrogen-bond donors (Lipinski definition) is 1. The molecule has 0 saturated heterocycles. The summed E-state index contributed by atoms with van der Waals surface area (Å²) in [6.45, 7) is 5.23. The van der Waals surface area contributed by atoms with Gasteiger partial charge < -0.3 is 14.0 Å². The number of amides is 1. The molecule has 0 atom stereocenters. The van der Waals surface area contributed by atoms with Crippen LogP contribution in [-0.4, -0.2) is 45.9 Å². The van der Waals surface area contributed by atoms with Gasteiger partial charge in [-0.2, -0.15) is 5.10 Å². The van der Waals surface area contributed by atoms with E-state index in [1.807, 2.05) is 55.7 Å². The van der Waals surface area contributed by atoms with Crippen molar-refractivity contribution >= 4 is 39.4 Å². The van der Waals surface area contributed by atoms with Crippen molar-refractivity contribution in [3.05, 3.63) is 100 Å². The molecule has 9 nitrogen and oxygen atoms in total. The number of halogens is 1. The SMILES string of the molecule is COc1ccc(N(CC(=O)N/N=C\c2cc(C)n(-c3ccc(Cl)cc3)c2C)S(=O)(=O)c2ccc(C)cc2)c(OC)c1. The first-order valence-corrected chi connectivity index (χ1v) is 14.4. The number of benzene rings is 3. The van der Waals surface area contributed by atoms with Gasteiger partial charge in [0.15, 0.2) is 0 Å². The van der Waals surface area contributed by atoms with Gasteiger partial charge in [0.2, 0.25) is 0 Å². The van der Waals surface area contributed by atoms with Gasteiger partial charge in [-0.15, -0.1) is 0 Å². The zero-order valence-electron chi connectivity index (χ0n) is 23.4. The first-order chi connectivity index (χ1) is 19.5. The van der Waals surface area contributed by atoms with Crippen molar-refractivity contribution in [1.29, 1.82) is 0 Å². The zero-order valence-corrected chi connectivity index (χ0v) is 25.0. The fourth-order valence-electron chi connectivity index (χ4n) is 4.37. The molecule has 0 saturated carbocycles. The Kier molecular flexibility index (Phi) is 9.05. The first-order valence-electron chi connectivity index (χ1n) is 12.6. The molecule has 1 heterocycles. The predicted molar refractivity (Wildman–Crippen MR) is 161 cm³/mol. The Labute approximate surface area is 245 Å². The smallest absolute Gasteiger partial charge is 0.264 e. The first kappa shape index (κ1) is 29.7. The molecule has 0 aliphatic carbocycles. The number of anilines is 1. The van der Waals surface area contributed by atoms with Crippen LogP contribution in [0.3, 0.4) is 0 Å². The van der Waals surface area contributed by atoms with Gasteiger partial charge in [-0.05, 0) is 75.4 Å². The summed E-state index contributed by atoms with van der Waals surface area (Å²) in [7, 11) is -1.24. The molecule has 41 heavy (non-hydrogen) atoms. The van der Waals surface area contributed by atoms with Gasteiger partial charge in [0.25, 0.3) is 15.9 Å². The molecule has 3 aromatic carbocycles. The molecule has 0 spiro atoms. The number of sulfonamides is 1. The molecular weight excluding hydrogens is 564 g/mol. The second-order valence-electron chi connectivity index (χ2n) is 9.29. The van der Waals surface area contributed by atoms with E-state index >= 15 is 0 Å². The lowest BCUT2D eigenvalue weighted by molar-refractivity contribution is -0.119. The number of rotatable bonds is 10. The molecule has 4 rings (SSSR count). The molecule has 0 unspecified atom stereocenters. The minimum absolute atomic E-state index is 0.0342. The monoisotopic (exact) mass is 594 g/mol. The Hall–Kier alpha value is -4.28. The highest BCUT2D eigenvalue weighted by atomic mass is 35.5. The highest BCUT2D eigenvalue weighted by Crippen LogP contribution is 2.35. The van der Waals surface area contributed by atoms with E-state index in [0.29, 0.717) is 10.8 Å². The third-order valence-corrected chi connectivity index (χ3v) is 8.53. The minimum Gasteiger partial charge on any atom is -0.497 e. The van der Waals surface area contributed by atoms with Gasteiger partial charge in [0.1, 0.15) is 18.0 Å². The molecule has 0 bridgehead atoms.